The summed E-state index contributed by atoms with van der Waals surface area (Å²) in [7, 11) is 1.57. The second-order valence-corrected chi connectivity index (χ2v) is 3.33. The van der Waals surface area contributed by atoms with E-state index < -0.39 is 4.92 Å². The molecular weight excluding hydrogens is 240 g/mol. The average molecular weight is 256 g/mol. The van der Waals surface area contributed by atoms with Crippen molar-refractivity contribution in [3.05, 3.63) is 33.9 Å². The van der Waals surface area contributed by atoms with Crippen LogP contribution in [0.2, 0.25) is 0 Å². The summed E-state index contributed by atoms with van der Waals surface area (Å²) in [5, 5.41) is 11.7. The summed E-state index contributed by atoms with van der Waals surface area (Å²) in [5.74, 6) is 5.44. The summed E-state index contributed by atoms with van der Waals surface area (Å²) in [6, 6.07) is 4.08. The smallest absolute Gasteiger partial charge is 0.271 e. The number of nitrogen functional groups attached to an aromatic ring is 1. The van der Waals surface area contributed by atoms with E-state index in [1.54, 1.807) is 7.05 Å². The molecular formula is C10H16N4O2S. The van der Waals surface area contributed by atoms with Gasteiger partial charge < -0.3 is 10.7 Å². The van der Waals surface area contributed by atoms with Crippen LogP contribution >= 0.6 is 12.2 Å². The van der Waals surface area contributed by atoms with E-state index in [-0.39, 0.29) is 11.4 Å². The lowest BCUT2D eigenvalue weighted by atomic mass is 10.1. The molecule has 1 aromatic carbocycles. The number of anilines is 1. The van der Waals surface area contributed by atoms with Crippen LogP contribution in [0.15, 0.2) is 18.2 Å². The quantitative estimate of drug-likeness (QED) is 0.275. The minimum atomic E-state index is -0.519. The van der Waals surface area contributed by atoms with Crippen LogP contribution in [0.5, 0.6) is 0 Å². The van der Waals surface area contributed by atoms with E-state index in [9.17, 15) is 10.1 Å². The molecule has 0 aliphatic rings. The summed E-state index contributed by atoms with van der Waals surface area (Å²) in [6.07, 6.45) is 0. The summed E-state index contributed by atoms with van der Waals surface area (Å²) in [6.45, 7) is 4.00. The molecule has 0 aromatic heterocycles. The summed E-state index contributed by atoms with van der Waals surface area (Å²) in [4.78, 5) is 10.3. The van der Waals surface area contributed by atoms with Crippen LogP contribution in [0.3, 0.4) is 0 Å². The van der Waals surface area contributed by atoms with Gasteiger partial charge in [0.2, 0.25) is 0 Å². The second kappa shape index (κ2) is 6.77. The first-order valence-corrected chi connectivity index (χ1v) is 5.41. The van der Waals surface area contributed by atoms with Gasteiger partial charge in [0.15, 0.2) is 0 Å². The minimum Gasteiger partial charge on any atom is -0.398 e. The van der Waals surface area contributed by atoms with Crippen molar-refractivity contribution in [3.63, 3.8) is 0 Å². The zero-order chi connectivity index (χ0) is 13.6. The fourth-order valence-electron chi connectivity index (χ4n) is 1.05. The lowest BCUT2D eigenvalue weighted by Crippen LogP contribution is -2.32. The van der Waals surface area contributed by atoms with Gasteiger partial charge in [0, 0.05) is 30.4 Å². The third-order valence-electron chi connectivity index (χ3n) is 1.80. The summed E-state index contributed by atoms with van der Waals surface area (Å²) >= 11 is 4.99. The van der Waals surface area contributed by atoms with Crippen molar-refractivity contribution in [1.29, 1.82) is 0 Å². The molecule has 4 N–H and O–H groups in total. The van der Waals surface area contributed by atoms with E-state index >= 15 is 0 Å². The first-order chi connectivity index (χ1) is 7.93. The van der Waals surface area contributed by atoms with Crippen LogP contribution < -0.4 is 11.6 Å². The van der Waals surface area contributed by atoms with Crippen molar-refractivity contribution in [2.24, 2.45) is 5.84 Å². The maximum absolute atomic E-state index is 10.5. The van der Waals surface area contributed by atoms with Crippen LogP contribution in [-0.4, -0.2) is 22.0 Å². The molecule has 6 nitrogen and oxygen atoms in total. The molecule has 0 saturated carbocycles. The Morgan fingerprint density at radius 1 is 1.47 bits per heavy atom. The number of hydrazine groups is 1. The molecule has 0 unspecified atom stereocenters. The maximum Gasteiger partial charge on any atom is 0.271 e. The van der Waals surface area contributed by atoms with Gasteiger partial charge in [0.05, 0.1) is 4.92 Å². The Balaban J connectivity index is 0.00000121. The minimum absolute atomic E-state index is 0.0706. The molecule has 0 amide bonds. The molecule has 0 radical (unpaired) electrons. The predicted octanol–water partition coefficient (Wildman–Crippen LogP) is 1.68. The van der Waals surface area contributed by atoms with Crippen molar-refractivity contribution < 1.29 is 4.92 Å². The molecule has 0 saturated heterocycles. The Morgan fingerprint density at radius 3 is 2.35 bits per heavy atom. The fraction of sp³-hybridized carbons (Fsp3) is 0.300. The third-order valence-corrected chi connectivity index (χ3v) is 2.30. The van der Waals surface area contributed by atoms with Gasteiger partial charge in [-0.3, -0.25) is 10.1 Å². The van der Waals surface area contributed by atoms with Gasteiger partial charge in [-0.15, -0.1) is 0 Å². The number of rotatable bonds is 2. The highest BCUT2D eigenvalue weighted by Gasteiger charge is 2.12. The summed E-state index contributed by atoms with van der Waals surface area (Å²) < 4.78 is 0. The first kappa shape index (κ1) is 15.3. The molecule has 7 heteroatoms. The van der Waals surface area contributed by atoms with Gasteiger partial charge in [-0.05, 0) is 6.07 Å². The lowest BCUT2D eigenvalue weighted by Gasteiger charge is -2.14. The maximum atomic E-state index is 10.5. The molecule has 94 valence electrons. The standard InChI is InChI=1S/C8H10N4O2S.C2H6/c1-11(10)8(15)6-3-2-5(12(13)14)4-7(6)9;1-2/h2-4H,9-10H2,1H3;1-2H3. The Kier molecular flexibility index (Phi) is 6.08. The third kappa shape index (κ3) is 3.97. The molecule has 17 heavy (non-hydrogen) atoms. The van der Waals surface area contributed by atoms with E-state index in [0.29, 0.717) is 10.6 Å². The normalized spacial score (nSPS) is 8.94. The van der Waals surface area contributed by atoms with Gasteiger partial charge in [-0.2, -0.15) is 0 Å². The lowest BCUT2D eigenvalue weighted by molar-refractivity contribution is -0.384. The van der Waals surface area contributed by atoms with E-state index in [0.717, 1.165) is 0 Å². The van der Waals surface area contributed by atoms with Gasteiger partial charge in [0.25, 0.3) is 5.69 Å². The molecule has 0 bridgehead atoms. The molecule has 1 rings (SSSR count). The first-order valence-electron chi connectivity index (χ1n) is 5.00. The number of thiocarbonyl (C=S) groups is 1. The van der Waals surface area contributed by atoms with E-state index in [2.05, 4.69) is 0 Å². The van der Waals surface area contributed by atoms with Crippen LogP contribution in [-0.2, 0) is 0 Å². The zero-order valence-corrected chi connectivity index (χ0v) is 10.8. The molecule has 0 aliphatic heterocycles. The molecule has 0 heterocycles. The number of non-ortho nitro benzene ring substituents is 1. The van der Waals surface area contributed by atoms with Crippen molar-refractivity contribution in [2.45, 2.75) is 13.8 Å². The van der Waals surface area contributed by atoms with Crippen LogP contribution in [0.1, 0.15) is 19.4 Å². The molecule has 0 atom stereocenters. The number of hydrogen-bond acceptors (Lipinski definition) is 5. The van der Waals surface area contributed by atoms with Crippen molar-refractivity contribution in [1.82, 2.24) is 5.01 Å². The van der Waals surface area contributed by atoms with Crippen molar-refractivity contribution >= 4 is 28.6 Å². The average Bonchev–Trinajstić information content (AvgIpc) is 2.30. The largest absolute Gasteiger partial charge is 0.398 e. The van der Waals surface area contributed by atoms with Gasteiger partial charge in [0.1, 0.15) is 4.99 Å². The highest BCUT2D eigenvalue weighted by molar-refractivity contribution is 7.80. The van der Waals surface area contributed by atoms with Crippen LogP contribution in [0.4, 0.5) is 11.4 Å². The molecule has 0 spiro atoms. The Morgan fingerprint density at radius 2 is 2.00 bits per heavy atom. The van der Waals surface area contributed by atoms with E-state index in [1.165, 1.54) is 23.2 Å². The molecule has 0 aliphatic carbocycles. The van der Waals surface area contributed by atoms with Crippen LogP contribution in [0.25, 0.3) is 0 Å². The van der Waals surface area contributed by atoms with Gasteiger partial charge in [-0.25, -0.2) is 5.84 Å². The SMILES string of the molecule is CC.CN(N)C(=S)c1ccc([N+](=O)[O-])cc1N. The molecule has 0 fully saturated rings. The number of hydrogen-bond donors (Lipinski definition) is 2. The second-order valence-electron chi connectivity index (χ2n) is 2.94. The highest BCUT2D eigenvalue weighted by atomic mass is 32.1. The Hall–Kier alpha value is -1.73. The van der Waals surface area contributed by atoms with Crippen molar-refractivity contribution in [2.75, 3.05) is 12.8 Å². The number of nitrogens with two attached hydrogens (primary N) is 2. The zero-order valence-electron chi connectivity index (χ0n) is 10.0. The fourth-order valence-corrected chi connectivity index (χ4v) is 1.23. The van der Waals surface area contributed by atoms with Crippen molar-refractivity contribution in [3.8, 4) is 0 Å². The molecule has 1 aromatic rings. The van der Waals surface area contributed by atoms with Gasteiger partial charge >= 0.3 is 0 Å². The highest BCUT2D eigenvalue weighted by Crippen LogP contribution is 2.20. The monoisotopic (exact) mass is 256 g/mol. The number of nitrogens with zero attached hydrogens (tertiary/aromatic N) is 2. The number of benzene rings is 1. The number of nitro benzene ring substituents is 1. The number of nitro groups is 1. The topological polar surface area (TPSA) is 98.4 Å². The predicted molar refractivity (Wildman–Crippen MR) is 72.5 cm³/mol. The Labute approximate surface area is 105 Å². The van der Waals surface area contributed by atoms with E-state index in [4.69, 9.17) is 23.8 Å². The van der Waals surface area contributed by atoms with Gasteiger partial charge in [-0.1, -0.05) is 26.1 Å². The Bertz CT molecular complexity index is 421. The van der Waals surface area contributed by atoms with E-state index in [1.807, 2.05) is 13.8 Å². The van der Waals surface area contributed by atoms with Crippen LogP contribution in [0, 0.1) is 10.1 Å². The summed E-state index contributed by atoms with van der Waals surface area (Å²) in [5.41, 5.74) is 6.31.